The Morgan fingerprint density at radius 2 is 1.65 bits per heavy atom. The smallest absolute Gasteiger partial charge is 0.373 e. The molecule has 3 nitrogen and oxygen atoms in total. The SMILES string of the molecule is CNc1cc(C(F)(F)F)cc(NCCCC(F)(F)F)n1. The van der Waals surface area contributed by atoms with Crippen molar-refractivity contribution in [1.29, 1.82) is 0 Å². The lowest BCUT2D eigenvalue weighted by atomic mass is 10.2. The van der Waals surface area contributed by atoms with Crippen LogP contribution in [-0.4, -0.2) is 24.8 Å². The molecule has 0 aliphatic carbocycles. The van der Waals surface area contributed by atoms with Crippen LogP contribution < -0.4 is 10.6 Å². The zero-order chi connectivity index (χ0) is 15.4. The zero-order valence-corrected chi connectivity index (χ0v) is 10.5. The summed E-state index contributed by atoms with van der Waals surface area (Å²) < 4.78 is 73.5. The van der Waals surface area contributed by atoms with Gasteiger partial charge in [0.2, 0.25) is 0 Å². The van der Waals surface area contributed by atoms with Crippen LogP contribution in [0.2, 0.25) is 0 Å². The molecule has 9 heteroatoms. The highest BCUT2D eigenvalue weighted by Crippen LogP contribution is 2.32. The van der Waals surface area contributed by atoms with Gasteiger partial charge >= 0.3 is 12.4 Å². The Bertz CT molecular complexity index is 441. The van der Waals surface area contributed by atoms with Crippen molar-refractivity contribution in [2.24, 2.45) is 0 Å². The second-order valence-electron chi connectivity index (χ2n) is 4.02. The van der Waals surface area contributed by atoms with Gasteiger partial charge < -0.3 is 10.6 Å². The van der Waals surface area contributed by atoms with E-state index in [1.165, 1.54) is 7.05 Å². The summed E-state index contributed by atoms with van der Waals surface area (Å²) in [5.74, 6) is -0.135. The standard InChI is InChI=1S/C11H13F6N3/c1-18-8-5-7(11(15,16)17)6-9(20-8)19-4-2-3-10(12,13)14/h5-6H,2-4H2,1H3,(H2,18,19,20). The Morgan fingerprint density at radius 1 is 1.05 bits per heavy atom. The average molecular weight is 301 g/mol. The van der Waals surface area contributed by atoms with E-state index >= 15 is 0 Å². The summed E-state index contributed by atoms with van der Waals surface area (Å²) in [6, 6.07) is 1.58. The van der Waals surface area contributed by atoms with E-state index in [1.54, 1.807) is 0 Å². The number of hydrogen-bond donors (Lipinski definition) is 2. The lowest BCUT2D eigenvalue weighted by Crippen LogP contribution is -2.13. The number of pyridine rings is 1. The molecule has 0 bridgehead atoms. The van der Waals surface area contributed by atoms with Crippen molar-refractivity contribution >= 4 is 11.6 Å². The van der Waals surface area contributed by atoms with Crippen molar-refractivity contribution in [3.05, 3.63) is 17.7 Å². The Hall–Kier alpha value is -1.67. The minimum Gasteiger partial charge on any atom is -0.373 e. The van der Waals surface area contributed by atoms with Gasteiger partial charge in [0.05, 0.1) is 5.56 Å². The van der Waals surface area contributed by atoms with E-state index in [1.807, 2.05) is 0 Å². The van der Waals surface area contributed by atoms with Crippen molar-refractivity contribution < 1.29 is 26.3 Å². The van der Waals surface area contributed by atoms with Crippen LogP contribution in [0.1, 0.15) is 18.4 Å². The first-order valence-electron chi connectivity index (χ1n) is 5.69. The van der Waals surface area contributed by atoms with Gasteiger partial charge in [0.1, 0.15) is 11.6 Å². The van der Waals surface area contributed by atoms with Crippen LogP contribution in [-0.2, 0) is 6.18 Å². The highest BCUT2D eigenvalue weighted by Gasteiger charge is 2.31. The zero-order valence-electron chi connectivity index (χ0n) is 10.5. The Labute approximate surface area is 111 Å². The normalized spacial score (nSPS) is 12.3. The second kappa shape index (κ2) is 6.19. The molecule has 1 rings (SSSR count). The number of nitrogens with one attached hydrogen (secondary N) is 2. The molecule has 0 radical (unpaired) electrons. The van der Waals surface area contributed by atoms with E-state index in [2.05, 4.69) is 15.6 Å². The molecule has 0 fully saturated rings. The lowest BCUT2D eigenvalue weighted by molar-refractivity contribution is -0.137. The number of aromatic nitrogens is 1. The van der Waals surface area contributed by atoms with Gasteiger partial charge in [0.25, 0.3) is 0 Å². The third-order valence-corrected chi connectivity index (χ3v) is 2.35. The maximum Gasteiger partial charge on any atom is 0.416 e. The first-order chi connectivity index (χ1) is 9.12. The van der Waals surface area contributed by atoms with Crippen LogP contribution in [0, 0.1) is 0 Å². The van der Waals surface area contributed by atoms with Gasteiger partial charge in [0, 0.05) is 20.0 Å². The second-order valence-corrected chi connectivity index (χ2v) is 4.02. The van der Waals surface area contributed by atoms with Crippen LogP contribution in [0.4, 0.5) is 38.0 Å². The molecule has 0 aromatic carbocycles. The molecule has 0 unspecified atom stereocenters. The first-order valence-corrected chi connectivity index (χ1v) is 5.69. The fraction of sp³-hybridized carbons (Fsp3) is 0.545. The molecule has 1 aromatic heterocycles. The molecule has 0 aliphatic rings. The minimum atomic E-state index is -4.54. The number of alkyl halides is 6. The number of nitrogens with zero attached hydrogens (tertiary/aromatic N) is 1. The first kappa shape index (κ1) is 16.4. The van der Waals surface area contributed by atoms with Crippen molar-refractivity contribution in [3.8, 4) is 0 Å². The Balaban J connectivity index is 2.70. The molecule has 20 heavy (non-hydrogen) atoms. The number of rotatable bonds is 5. The van der Waals surface area contributed by atoms with E-state index in [0.717, 1.165) is 12.1 Å². The summed E-state index contributed by atoms with van der Waals surface area (Å²) in [6.45, 7) is -0.114. The molecule has 0 amide bonds. The summed E-state index contributed by atoms with van der Waals surface area (Å²) in [5.41, 5.74) is -0.921. The van der Waals surface area contributed by atoms with E-state index in [4.69, 9.17) is 0 Å². The van der Waals surface area contributed by atoms with Crippen molar-refractivity contribution in [1.82, 2.24) is 4.98 Å². The number of hydrogen-bond acceptors (Lipinski definition) is 3. The molecule has 0 aliphatic heterocycles. The molecule has 0 atom stereocenters. The van der Waals surface area contributed by atoms with Gasteiger partial charge in [-0.05, 0) is 18.6 Å². The molecule has 1 aromatic rings. The maximum absolute atomic E-state index is 12.6. The van der Waals surface area contributed by atoms with Gasteiger partial charge in [-0.15, -0.1) is 0 Å². The molecule has 2 N–H and O–H groups in total. The molecular formula is C11H13F6N3. The quantitative estimate of drug-likeness (QED) is 0.640. The summed E-state index contributed by atoms with van der Waals surface area (Å²) in [4.78, 5) is 3.80. The highest BCUT2D eigenvalue weighted by atomic mass is 19.4. The molecule has 0 spiro atoms. The van der Waals surface area contributed by atoms with Crippen LogP contribution in [0.15, 0.2) is 12.1 Å². The third-order valence-electron chi connectivity index (χ3n) is 2.35. The Morgan fingerprint density at radius 3 is 2.15 bits per heavy atom. The molecule has 114 valence electrons. The van der Waals surface area contributed by atoms with Crippen LogP contribution in [0.3, 0.4) is 0 Å². The summed E-state index contributed by atoms with van der Waals surface area (Å²) in [5, 5.41) is 4.92. The number of halogens is 6. The monoisotopic (exact) mass is 301 g/mol. The maximum atomic E-state index is 12.6. The summed E-state index contributed by atoms with van der Waals surface area (Å²) in [6.07, 6.45) is -10.1. The van der Waals surface area contributed by atoms with E-state index < -0.39 is 24.3 Å². The van der Waals surface area contributed by atoms with Crippen molar-refractivity contribution in [3.63, 3.8) is 0 Å². The molecular weight excluding hydrogens is 288 g/mol. The van der Waals surface area contributed by atoms with Crippen molar-refractivity contribution in [2.75, 3.05) is 24.2 Å². The van der Waals surface area contributed by atoms with Crippen molar-refractivity contribution in [2.45, 2.75) is 25.2 Å². The van der Waals surface area contributed by atoms with Gasteiger partial charge in [-0.3, -0.25) is 0 Å². The third kappa shape index (κ3) is 5.54. The van der Waals surface area contributed by atoms with Gasteiger partial charge in [0.15, 0.2) is 0 Å². The fourth-order valence-corrected chi connectivity index (χ4v) is 1.42. The van der Waals surface area contributed by atoms with Crippen LogP contribution >= 0.6 is 0 Å². The predicted octanol–water partition coefficient (Wildman–Crippen LogP) is 3.90. The summed E-state index contributed by atoms with van der Waals surface area (Å²) >= 11 is 0. The Kier molecular flexibility index (Phi) is 5.07. The molecule has 0 saturated heterocycles. The molecule has 1 heterocycles. The van der Waals surface area contributed by atoms with E-state index in [9.17, 15) is 26.3 Å². The summed E-state index contributed by atoms with van der Waals surface area (Å²) in [7, 11) is 1.40. The van der Waals surface area contributed by atoms with Gasteiger partial charge in [-0.1, -0.05) is 0 Å². The lowest BCUT2D eigenvalue weighted by Gasteiger charge is -2.13. The highest BCUT2D eigenvalue weighted by molar-refractivity contribution is 5.49. The van der Waals surface area contributed by atoms with Crippen LogP contribution in [0.5, 0.6) is 0 Å². The fourth-order valence-electron chi connectivity index (χ4n) is 1.42. The largest absolute Gasteiger partial charge is 0.416 e. The average Bonchev–Trinajstić information content (AvgIpc) is 2.32. The predicted molar refractivity (Wildman–Crippen MR) is 62.6 cm³/mol. The van der Waals surface area contributed by atoms with Gasteiger partial charge in [-0.25, -0.2) is 4.98 Å². The number of anilines is 2. The van der Waals surface area contributed by atoms with E-state index in [-0.39, 0.29) is 24.6 Å². The molecule has 0 saturated carbocycles. The topological polar surface area (TPSA) is 37.0 Å². The minimum absolute atomic E-state index is 0.0156. The van der Waals surface area contributed by atoms with Crippen LogP contribution in [0.25, 0.3) is 0 Å². The van der Waals surface area contributed by atoms with E-state index in [0.29, 0.717) is 0 Å². The van der Waals surface area contributed by atoms with Gasteiger partial charge in [-0.2, -0.15) is 26.3 Å².